The van der Waals surface area contributed by atoms with Crippen molar-refractivity contribution in [3.8, 4) is 5.75 Å². The molecule has 0 aliphatic rings. The second kappa shape index (κ2) is 6.09. The lowest BCUT2D eigenvalue weighted by atomic mass is 10.1. The molecule has 0 bridgehead atoms. The molecule has 0 aromatic heterocycles. The number of rotatable bonds is 3. The predicted molar refractivity (Wildman–Crippen MR) is 77.1 cm³/mol. The van der Waals surface area contributed by atoms with Gasteiger partial charge >= 0.3 is 6.18 Å². The molecule has 2 rings (SSSR count). The van der Waals surface area contributed by atoms with Gasteiger partial charge in [0.05, 0.1) is 18.2 Å². The van der Waals surface area contributed by atoms with E-state index in [2.05, 4.69) is 5.32 Å². The Morgan fingerprint density at radius 3 is 2.50 bits per heavy atom. The van der Waals surface area contributed by atoms with Crippen molar-refractivity contribution >= 4 is 11.6 Å². The maximum atomic E-state index is 12.7. The maximum Gasteiger partial charge on any atom is 0.416 e. The van der Waals surface area contributed by atoms with Gasteiger partial charge in [-0.15, -0.1) is 0 Å². The first kappa shape index (κ1) is 15.9. The van der Waals surface area contributed by atoms with Gasteiger partial charge < -0.3 is 10.1 Å². The van der Waals surface area contributed by atoms with Crippen LogP contribution in [0, 0.1) is 6.92 Å². The Balaban J connectivity index is 2.28. The highest BCUT2D eigenvalue weighted by Crippen LogP contribution is 2.31. The summed E-state index contributed by atoms with van der Waals surface area (Å²) in [5, 5.41) is 2.45. The minimum Gasteiger partial charge on any atom is -0.496 e. The smallest absolute Gasteiger partial charge is 0.416 e. The fraction of sp³-hybridized carbons (Fsp3) is 0.188. The molecule has 1 amide bonds. The van der Waals surface area contributed by atoms with Crippen molar-refractivity contribution in [2.75, 3.05) is 12.4 Å². The van der Waals surface area contributed by atoms with E-state index >= 15 is 0 Å². The van der Waals surface area contributed by atoms with Gasteiger partial charge in [-0.25, -0.2) is 0 Å². The lowest BCUT2D eigenvalue weighted by Crippen LogP contribution is -2.14. The van der Waals surface area contributed by atoms with Gasteiger partial charge in [-0.3, -0.25) is 4.79 Å². The normalized spacial score (nSPS) is 11.1. The summed E-state index contributed by atoms with van der Waals surface area (Å²) >= 11 is 0. The van der Waals surface area contributed by atoms with Crippen LogP contribution in [0.2, 0.25) is 0 Å². The number of methoxy groups -OCH3 is 1. The minimum atomic E-state index is -4.46. The zero-order valence-electron chi connectivity index (χ0n) is 12.0. The number of carbonyl (C=O) groups excluding carboxylic acids is 1. The number of carbonyl (C=O) groups is 1. The van der Waals surface area contributed by atoms with Crippen molar-refractivity contribution in [2.24, 2.45) is 0 Å². The number of nitrogens with one attached hydrogen (secondary N) is 1. The van der Waals surface area contributed by atoms with Crippen molar-refractivity contribution in [3.05, 3.63) is 59.2 Å². The van der Waals surface area contributed by atoms with E-state index in [-0.39, 0.29) is 11.3 Å². The molecule has 0 saturated carbocycles. The van der Waals surface area contributed by atoms with Crippen LogP contribution in [0.4, 0.5) is 18.9 Å². The summed E-state index contributed by atoms with van der Waals surface area (Å²) in [5.41, 5.74) is 0.361. The number of benzene rings is 2. The zero-order valence-corrected chi connectivity index (χ0v) is 12.0. The summed E-state index contributed by atoms with van der Waals surface area (Å²) < 4.78 is 43.1. The predicted octanol–water partition coefficient (Wildman–Crippen LogP) is 4.27. The van der Waals surface area contributed by atoms with Crippen LogP contribution in [0.15, 0.2) is 42.5 Å². The van der Waals surface area contributed by atoms with Crippen molar-refractivity contribution in [1.82, 2.24) is 0 Å². The number of hydrogen-bond donors (Lipinski definition) is 1. The third-order valence-corrected chi connectivity index (χ3v) is 3.05. The summed E-state index contributed by atoms with van der Waals surface area (Å²) in [6.07, 6.45) is -4.46. The molecule has 1 N–H and O–H groups in total. The van der Waals surface area contributed by atoms with Crippen LogP contribution in [-0.4, -0.2) is 13.0 Å². The largest absolute Gasteiger partial charge is 0.496 e. The van der Waals surface area contributed by atoms with Crippen LogP contribution < -0.4 is 10.1 Å². The van der Waals surface area contributed by atoms with Crippen molar-refractivity contribution in [2.45, 2.75) is 13.1 Å². The molecule has 0 spiro atoms. The Morgan fingerprint density at radius 2 is 1.86 bits per heavy atom. The molecule has 0 aliphatic heterocycles. The summed E-state index contributed by atoms with van der Waals surface area (Å²) in [6, 6.07) is 9.50. The fourth-order valence-electron chi connectivity index (χ4n) is 1.97. The molecule has 2 aromatic rings. The monoisotopic (exact) mass is 309 g/mol. The van der Waals surface area contributed by atoms with E-state index < -0.39 is 17.6 Å². The molecule has 3 nitrogen and oxygen atoms in total. The summed E-state index contributed by atoms with van der Waals surface area (Å²) in [4.78, 5) is 12.2. The van der Waals surface area contributed by atoms with E-state index in [1.54, 1.807) is 25.1 Å². The zero-order chi connectivity index (χ0) is 16.3. The molecule has 0 aliphatic carbocycles. The van der Waals surface area contributed by atoms with Crippen LogP contribution >= 0.6 is 0 Å². The average Bonchev–Trinajstić information content (AvgIpc) is 2.46. The number of aryl methyl sites for hydroxylation is 1. The molecule has 22 heavy (non-hydrogen) atoms. The van der Waals surface area contributed by atoms with E-state index in [0.717, 1.165) is 17.7 Å². The Morgan fingerprint density at radius 1 is 1.14 bits per heavy atom. The lowest BCUT2D eigenvalue weighted by molar-refractivity contribution is -0.137. The highest BCUT2D eigenvalue weighted by atomic mass is 19.4. The van der Waals surface area contributed by atoms with Crippen molar-refractivity contribution < 1.29 is 22.7 Å². The summed E-state index contributed by atoms with van der Waals surface area (Å²) in [5.74, 6) is -0.171. The lowest BCUT2D eigenvalue weighted by Gasteiger charge is -2.12. The van der Waals surface area contributed by atoms with Crippen molar-refractivity contribution in [3.63, 3.8) is 0 Å². The van der Waals surface area contributed by atoms with Gasteiger partial charge in [0.2, 0.25) is 0 Å². The Labute approximate surface area is 125 Å². The summed E-state index contributed by atoms with van der Waals surface area (Å²) in [6.45, 7) is 1.81. The molecule has 0 heterocycles. The van der Waals surface area contributed by atoms with Gasteiger partial charge in [0.25, 0.3) is 5.91 Å². The number of halogens is 3. The van der Waals surface area contributed by atoms with Crippen molar-refractivity contribution in [1.29, 1.82) is 0 Å². The van der Waals surface area contributed by atoms with Crippen LogP contribution in [-0.2, 0) is 6.18 Å². The molecular formula is C16H14F3NO2. The topological polar surface area (TPSA) is 38.3 Å². The number of alkyl halides is 3. The highest BCUT2D eigenvalue weighted by Gasteiger charge is 2.30. The van der Waals surface area contributed by atoms with Gasteiger partial charge in [0.1, 0.15) is 5.75 Å². The standard InChI is InChI=1S/C16H14F3NO2/c1-10-6-7-14(22-2)13(8-10)15(21)20-12-5-3-4-11(9-12)16(17,18)19/h3-9H,1-2H3,(H,20,21). The second-order valence-electron chi connectivity index (χ2n) is 4.74. The van der Waals surface area contributed by atoms with E-state index in [1.807, 2.05) is 0 Å². The highest BCUT2D eigenvalue weighted by molar-refractivity contribution is 6.06. The molecular weight excluding hydrogens is 295 g/mol. The summed E-state index contributed by atoms with van der Waals surface area (Å²) in [7, 11) is 1.42. The first-order valence-electron chi connectivity index (χ1n) is 6.44. The number of anilines is 1. The van der Waals surface area contributed by atoms with Gasteiger partial charge in [-0.05, 0) is 37.3 Å². The molecule has 0 saturated heterocycles. The molecule has 116 valence electrons. The first-order valence-corrected chi connectivity index (χ1v) is 6.44. The minimum absolute atomic E-state index is 0.0726. The fourth-order valence-corrected chi connectivity index (χ4v) is 1.97. The third-order valence-electron chi connectivity index (χ3n) is 3.05. The van der Waals surface area contributed by atoms with Gasteiger partial charge in [0, 0.05) is 5.69 Å². The number of hydrogen-bond acceptors (Lipinski definition) is 2. The Bertz CT molecular complexity index is 696. The molecule has 0 unspecified atom stereocenters. The van der Waals surface area contributed by atoms with E-state index in [4.69, 9.17) is 4.74 Å². The molecule has 0 radical (unpaired) electrons. The van der Waals surface area contributed by atoms with Gasteiger partial charge in [-0.1, -0.05) is 17.7 Å². The van der Waals surface area contributed by atoms with Crippen LogP contribution in [0.3, 0.4) is 0 Å². The van der Waals surface area contributed by atoms with Crippen LogP contribution in [0.25, 0.3) is 0 Å². The van der Waals surface area contributed by atoms with Gasteiger partial charge in [0.15, 0.2) is 0 Å². The quantitative estimate of drug-likeness (QED) is 0.919. The average molecular weight is 309 g/mol. The van der Waals surface area contributed by atoms with Gasteiger partial charge in [-0.2, -0.15) is 13.2 Å². The van der Waals surface area contributed by atoms with E-state index in [1.165, 1.54) is 19.2 Å². The first-order chi connectivity index (χ1) is 10.3. The van der Waals surface area contributed by atoms with E-state index in [0.29, 0.717) is 5.75 Å². The van der Waals surface area contributed by atoms with Crippen LogP contribution in [0.5, 0.6) is 5.75 Å². The second-order valence-corrected chi connectivity index (χ2v) is 4.74. The van der Waals surface area contributed by atoms with E-state index in [9.17, 15) is 18.0 Å². The molecule has 6 heteroatoms. The SMILES string of the molecule is COc1ccc(C)cc1C(=O)Nc1cccc(C(F)(F)F)c1. The molecule has 2 aromatic carbocycles. The number of ether oxygens (including phenoxy) is 1. The van der Waals surface area contributed by atoms with Crippen LogP contribution in [0.1, 0.15) is 21.5 Å². The number of amides is 1. The maximum absolute atomic E-state index is 12.7. The molecule has 0 atom stereocenters. The Hall–Kier alpha value is -2.50. The molecule has 0 fully saturated rings. The third kappa shape index (κ3) is 3.58. The Kier molecular flexibility index (Phi) is 4.40.